The monoisotopic (exact) mass is 358 g/mol. The number of rotatable bonds is 6. The van der Waals surface area contributed by atoms with Crippen LogP contribution in [-0.4, -0.2) is 11.7 Å². The molecule has 0 aliphatic rings. The maximum atomic E-state index is 12.3. The molecule has 0 bridgehead atoms. The first-order chi connectivity index (χ1) is 13.2. The highest BCUT2D eigenvalue weighted by molar-refractivity contribution is 6.05. The van der Waals surface area contributed by atoms with Gasteiger partial charge in [-0.05, 0) is 42.0 Å². The largest absolute Gasteiger partial charge is 0.489 e. The summed E-state index contributed by atoms with van der Waals surface area (Å²) in [5.74, 6) is 0.320. The Morgan fingerprint density at radius 1 is 0.889 bits per heavy atom. The van der Waals surface area contributed by atoms with E-state index in [1.807, 2.05) is 30.3 Å². The number of hydrogen-bond donors (Lipinski definition) is 3. The molecule has 1 amide bonds. The second-order valence-corrected chi connectivity index (χ2v) is 5.79. The maximum absolute atomic E-state index is 12.3. The van der Waals surface area contributed by atoms with Crippen molar-refractivity contribution in [1.82, 2.24) is 0 Å². The molecule has 27 heavy (non-hydrogen) atoms. The Balaban J connectivity index is 1.58. The molecule has 0 spiro atoms. The molecule has 6 nitrogen and oxygen atoms in total. The van der Waals surface area contributed by atoms with E-state index >= 15 is 0 Å². The highest BCUT2D eigenvalue weighted by Gasteiger charge is 2.07. The van der Waals surface area contributed by atoms with E-state index in [1.54, 1.807) is 48.5 Å². The number of anilines is 1. The van der Waals surface area contributed by atoms with E-state index in [2.05, 4.69) is 10.4 Å². The van der Waals surface area contributed by atoms with E-state index in [1.165, 1.54) is 0 Å². The SMILES string of the molecule is N=NC(=N)c1ccc(C(=O)Nc2ccc(OCc3ccccc3)cc2)cc1. The highest BCUT2D eigenvalue weighted by Crippen LogP contribution is 2.18. The summed E-state index contributed by atoms with van der Waals surface area (Å²) in [5, 5.41) is 13.4. The third-order valence-corrected chi connectivity index (χ3v) is 3.89. The first-order valence-corrected chi connectivity index (χ1v) is 8.30. The smallest absolute Gasteiger partial charge is 0.255 e. The lowest BCUT2D eigenvalue weighted by Gasteiger charge is -2.09. The van der Waals surface area contributed by atoms with Crippen molar-refractivity contribution in [3.8, 4) is 5.75 Å². The van der Waals surface area contributed by atoms with E-state index in [-0.39, 0.29) is 11.7 Å². The zero-order valence-electron chi connectivity index (χ0n) is 14.5. The Labute approximate surface area is 156 Å². The predicted octanol–water partition coefficient (Wildman–Crippen LogP) is 4.87. The van der Waals surface area contributed by atoms with Crippen molar-refractivity contribution in [1.29, 1.82) is 10.9 Å². The van der Waals surface area contributed by atoms with Gasteiger partial charge in [-0.1, -0.05) is 42.5 Å². The molecule has 0 aliphatic carbocycles. The van der Waals surface area contributed by atoms with Gasteiger partial charge in [0.15, 0.2) is 5.84 Å². The molecule has 0 radical (unpaired) electrons. The van der Waals surface area contributed by atoms with Crippen LogP contribution in [0.3, 0.4) is 0 Å². The van der Waals surface area contributed by atoms with Gasteiger partial charge >= 0.3 is 0 Å². The summed E-state index contributed by atoms with van der Waals surface area (Å²) in [6.45, 7) is 0.485. The van der Waals surface area contributed by atoms with Crippen LogP contribution < -0.4 is 10.1 Å². The molecule has 0 unspecified atom stereocenters. The molecule has 3 N–H and O–H groups in total. The Morgan fingerprint density at radius 3 is 2.15 bits per heavy atom. The normalized spacial score (nSPS) is 10.1. The van der Waals surface area contributed by atoms with Gasteiger partial charge in [0.05, 0.1) is 0 Å². The van der Waals surface area contributed by atoms with Crippen molar-refractivity contribution in [2.24, 2.45) is 5.11 Å². The van der Waals surface area contributed by atoms with E-state index < -0.39 is 0 Å². The molecule has 134 valence electrons. The number of hydrogen-bond acceptors (Lipinski definition) is 4. The lowest BCUT2D eigenvalue weighted by molar-refractivity contribution is 0.102. The number of amidine groups is 1. The average molecular weight is 358 g/mol. The van der Waals surface area contributed by atoms with E-state index in [4.69, 9.17) is 15.7 Å². The van der Waals surface area contributed by atoms with E-state index in [0.29, 0.717) is 23.4 Å². The number of benzene rings is 3. The van der Waals surface area contributed by atoms with Crippen molar-refractivity contribution < 1.29 is 9.53 Å². The van der Waals surface area contributed by atoms with Crippen LogP contribution in [0.1, 0.15) is 21.5 Å². The van der Waals surface area contributed by atoms with Crippen LogP contribution in [0.2, 0.25) is 0 Å². The zero-order valence-corrected chi connectivity index (χ0v) is 14.5. The molecule has 0 saturated carbocycles. The van der Waals surface area contributed by atoms with Gasteiger partial charge in [-0.2, -0.15) is 0 Å². The van der Waals surface area contributed by atoms with Crippen LogP contribution in [0.5, 0.6) is 5.75 Å². The molecule has 0 aromatic heterocycles. The highest BCUT2D eigenvalue weighted by atomic mass is 16.5. The molecule has 3 aromatic rings. The summed E-state index contributed by atoms with van der Waals surface area (Å²) in [4.78, 5) is 12.3. The van der Waals surface area contributed by atoms with Gasteiger partial charge in [0, 0.05) is 16.8 Å². The van der Waals surface area contributed by atoms with Gasteiger partial charge in [-0.3, -0.25) is 10.2 Å². The van der Waals surface area contributed by atoms with Crippen molar-refractivity contribution in [2.45, 2.75) is 6.61 Å². The molecule has 0 saturated heterocycles. The third kappa shape index (κ3) is 4.85. The van der Waals surface area contributed by atoms with Gasteiger partial charge in [0.2, 0.25) is 0 Å². The fourth-order valence-corrected chi connectivity index (χ4v) is 2.42. The Bertz CT molecular complexity index is 936. The fourth-order valence-electron chi connectivity index (χ4n) is 2.42. The van der Waals surface area contributed by atoms with E-state index in [9.17, 15) is 4.79 Å². The number of carbonyl (C=O) groups is 1. The lowest BCUT2D eigenvalue weighted by atomic mass is 10.1. The number of ether oxygens (including phenoxy) is 1. The quantitative estimate of drug-likeness (QED) is 0.333. The van der Waals surface area contributed by atoms with Gasteiger partial charge in [-0.25, -0.2) is 5.53 Å². The average Bonchev–Trinajstić information content (AvgIpc) is 2.73. The number of nitrogens with one attached hydrogen (secondary N) is 3. The van der Waals surface area contributed by atoms with Crippen molar-refractivity contribution in [3.63, 3.8) is 0 Å². The van der Waals surface area contributed by atoms with Crippen molar-refractivity contribution >= 4 is 17.4 Å². The molecular formula is C21H18N4O2. The molecule has 0 heterocycles. The second kappa shape index (κ2) is 8.53. The Kier molecular flexibility index (Phi) is 5.69. The summed E-state index contributed by atoms with van der Waals surface area (Å²) in [6, 6.07) is 23.4. The summed E-state index contributed by atoms with van der Waals surface area (Å²) < 4.78 is 5.73. The van der Waals surface area contributed by atoms with Crippen molar-refractivity contribution in [2.75, 3.05) is 5.32 Å². The molecule has 0 fully saturated rings. The zero-order chi connectivity index (χ0) is 19.1. The summed E-state index contributed by atoms with van der Waals surface area (Å²) in [6.07, 6.45) is 0. The van der Waals surface area contributed by atoms with Crippen molar-refractivity contribution in [3.05, 3.63) is 95.6 Å². The number of amides is 1. The number of nitrogens with zero attached hydrogens (tertiary/aromatic N) is 1. The molecule has 0 aliphatic heterocycles. The Morgan fingerprint density at radius 2 is 1.52 bits per heavy atom. The summed E-state index contributed by atoms with van der Waals surface area (Å²) >= 11 is 0. The van der Waals surface area contributed by atoms with Crippen LogP contribution in [-0.2, 0) is 6.61 Å². The summed E-state index contributed by atoms with van der Waals surface area (Å²) in [7, 11) is 0. The van der Waals surface area contributed by atoms with E-state index in [0.717, 1.165) is 11.3 Å². The third-order valence-electron chi connectivity index (χ3n) is 3.89. The van der Waals surface area contributed by atoms with Crippen LogP contribution in [0.4, 0.5) is 5.69 Å². The maximum Gasteiger partial charge on any atom is 0.255 e. The molecule has 3 aromatic carbocycles. The lowest BCUT2D eigenvalue weighted by Crippen LogP contribution is -2.12. The molecular weight excluding hydrogens is 340 g/mol. The predicted molar refractivity (Wildman–Crippen MR) is 104 cm³/mol. The van der Waals surface area contributed by atoms with Crippen LogP contribution in [0.15, 0.2) is 84.0 Å². The topological polar surface area (TPSA) is 98.4 Å². The minimum atomic E-state index is -0.256. The standard InChI is InChI=1S/C21H18N4O2/c22-20(25-23)16-6-8-17(9-7-16)21(26)24-18-10-12-19(13-11-18)27-14-15-4-2-1-3-5-15/h1-13,22-23H,14H2,(H,24,26). The first-order valence-electron chi connectivity index (χ1n) is 8.30. The molecule has 6 heteroatoms. The van der Waals surface area contributed by atoms with Gasteiger partial charge in [-0.15, -0.1) is 5.11 Å². The van der Waals surface area contributed by atoms with Crippen LogP contribution in [0, 0.1) is 10.9 Å². The number of carbonyl (C=O) groups excluding carboxylic acids is 1. The minimum absolute atomic E-state index is 0.145. The van der Waals surface area contributed by atoms with Gasteiger partial charge < -0.3 is 10.1 Å². The first kappa shape index (κ1) is 18.0. The minimum Gasteiger partial charge on any atom is -0.489 e. The van der Waals surface area contributed by atoms with Gasteiger partial charge in [0.1, 0.15) is 12.4 Å². The molecule has 0 atom stereocenters. The van der Waals surface area contributed by atoms with Crippen LogP contribution in [0.25, 0.3) is 0 Å². The van der Waals surface area contributed by atoms with Gasteiger partial charge in [0.25, 0.3) is 5.91 Å². The summed E-state index contributed by atoms with van der Waals surface area (Å²) in [5.41, 5.74) is 9.53. The fraction of sp³-hybridized carbons (Fsp3) is 0.0476. The van der Waals surface area contributed by atoms with Crippen LogP contribution >= 0.6 is 0 Å². The second-order valence-electron chi connectivity index (χ2n) is 5.79. The molecule has 3 rings (SSSR count). The Hall–Kier alpha value is -3.80.